The Bertz CT molecular complexity index is 348. The molecule has 0 fully saturated rings. The minimum absolute atomic E-state index is 0. The van der Waals surface area contributed by atoms with Gasteiger partial charge in [-0.2, -0.15) is 8.42 Å². The van der Waals surface area contributed by atoms with E-state index in [9.17, 15) is 18.0 Å². The predicted octanol–water partition coefficient (Wildman–Crippen LogP) is -1.18. The van der Waals surface area contributed by atoms with Crippen LogP contribution in [-0.2, 0) is 23.9 Å². The van der Waals surface area contributed by atoms with Gasteiger partial charge >= 0.3 is 29.6 Å². The van der Waals surface area contributed by atoms with Crippen molar-refractivity contribution < 1.29 is 53.2 Å². The van der Waals surface area contributed by atoms with Gasteiger partial charge in [-0.05, 0) is 12.3 Å². The van der Waals surface area contributed by atoms with E-state index in [1.165, 1.54) is 0 Å². The normalized spacial score (nSPS) is 14.2. The zero-order valence-corrected chi connectivity index (χ0v) is 14.8. The summed E-state index contributed by atoms with van der Waals surface area (Å²) in [6.07, 6.45) is 4.11. The molecule has 0 aliphatic carbocycles. The number of carbonyl (C=O) groups is 2. The average Bonchev–Trinajstić information content (AvgIpc) is 2.36. The van der Waals surface area contributed by atoms with Crippen LogP contribution in [0.15, 0.2) is 0 Å². The van der Waals surface area contributed by atoms with E-state index in [2.05, 4.69) is 6.92 Å². The standard InChI is InChI=1S/C12H22O5S.Na.H/c1-3-5-6-11(4-2)10-17-18(15,16)12(9-14)7-8-13;;/h8-9,11-12H,3-7,10H2,1-2H3;;/q;+1;-1. The van der Waals surface area contributed by atoms with Gasteiger partial charge in [-0.3, -0.25) is 4.18 Å². The number of carbonyl (C=O) groups excluding carboxylic acids is 2. The third kappa shape index (κ3) is 8.92. The van der Waals surface area contributed by atoms with Gasteiger partial charge in [0, 0.05) is 6.42 Å². The molecule has 0 saturated carbocycles. The van der Waals surface area contributed by atoms with Crippen molar-refractivity contribution in [3.05, 3.63) is 0 Å². The molecular weight excluding hydrogens is 279 g/mol. The Kier molecular flexibility index (Phi) is 13.6. The van der Waals surface area contributed by atoms with Crippen molar-refractivity contribution in [2.45, 2.75) is 51.2 Å². The Labute approximate surface area is 139 Å². The van der Waals surface area contributed by atoms with Crippen LogP contribution in [0.4, 0.5) is 0 Å². The van der Waals surface area contributed by atoms with E-state index in [4.69, 9.17) is 4.18 Å². The van der Waals surface area contributed by atoms with E-state index in [0.717, 1.165) is 25.7 Å². The van der Waals surface area contributed by atoms with E-state index in [1.54, 1.807) is 0 Å². The molecule has 2 unspecified atom stereocenters. The maximum atomic E-state index is 11.6. The van der Waals surface area contributed by atoms with Gasteiger partial charge in [-0.15, -0.1) is 0 Å². The monoisotopic (exact) mass is 302 g/mol. The molecule has 0 radical (unpaired) electrons. The summed E-state index contributed by atoms with van der Waals surface area (Å²) in [4.78, 5) is 20.9. The van der Waals surface area contributed by atoms with E-state index < -0.39 is 15.4 Å². The van der Waals surface area contributed by atoms with Gasteiger partial charge in [0.05, 0.1) is 6.61 Å². The molecule has 0 aromatic rings. The molecule has 0 heterocycles. The summed E-state index contributed by atoms with van der Waals surface area (Å²) < 4.78 is 28.1. The predicted molar refractivity (Wildman–Crippen MR) is 69.8 cm³/mol. The minimum atomic E-state index is -3.96. The van der Waals surface area contributed by atoms with Gasteiger partial charge in [0.15, 0.2) is 0 Å². The average molecular weight is 302 g/mol. The Hall–Kier alpha value is 0.250. The summed E-state index contributed by atoms with van der Waals surface area (Å²) in [6, 6.07) is 0. The molecule has 0 N–H and O–H groups in total. The van der Waals surface area contributed by atoms with Crippen molar-refractivity contribution in [2.75, 3.05) is 6.61 Å². The maximum absolute atomic E-state index is 11.6. The van der Waals surface area contributed by atoms with E-state index in [1.807, 2.05) is 6.92 Å². The van der Waals surface area contributed by atoms with E-state index >= 15 is 0 Å². The molecule has 0 aromatic heterocycles. The van der Waals surface area contributed by atoms with Gasteiger partial charge in [0.1, 0.15) is 17.8 Å². The van der Waals surface area contributed by atoms with Crippen LogP contribution in [0.3, 0.4) is 0 Å². The van der Waals surface area contributed by atoms with Crippen molar-refractivity contribution in [1.29, 1.82) is 0 Å². The zero-order valence-electron chi connectivity index (χ0n) is 13.0. The summed E-state index contributed by atoms with van der Waals surface area (Å²) in [7, 11) is -3.96. The van der Waals surface area contributed by atoms with E-state index in [0.29, 0.717) is 6.29 Å². The number of aldehydes is 2. The molecule has 2 atom stereocenters. The minimum Gasteiger partial charge on any atom is -1.00 e. The molecule has 0 saturated heterocycles. The number of hydrogen-bond donors (Lipinski definition) is 0. The number of unbranched alkanes of at least 4 members (excludes halogenated alkanes) is 1. The smallest absolute Gasteiger partial charge is 1.00 e. The van der Waals surface area contributed by atoms with Crippen LogP contribution in [0.2, 0.25) is 0 Å². The molecule has 0 aliphatic rings. The van der Waals surface area contributed by atoms with Crippen molar-refractivity contribution in [3.8, 4) is 0 Å². The van der Waals surface area contributed by atoms with Crippen LogP contribution in [-0.4, -0.2) is 32.8 Å². The molecular formula is C12H23NaO5S. The van der Waals surface area contributed by atoms with Gasteiger partial charge in [0.25, 0.3) is 10.1 Å². The second kappa shape index (κ2) is 12.0. The van der Waals surface area contributed by atoms with Crippen molar-refractivity contribution in [1.82, 2.24) is 0 Å². The molecule has 7 heteroatoms. The SMILES string of the molecule is CCCCC(CC)COS(=O)(=O)C(C=O)CC=O.[H-].[Na+]. The Morgan fingerprint density at radius 3 is 2.32 bits per heavy atom. The van der Waals surface area contributed by atoms with Crippen molar-refractivity contribution in [2.24, 2.45) is 5.92 Å². The van der Waals surface area contributed by atoms with Gasteiger partial charge in [-0.25, -0.2) is 0 Å². The van der Waals surface area contributed by atoms with Crippen LogP contribution >= 0.6 is 0 Å². The van der Waals surface area contributed by atoms with E-state index in [-0.39, 0.29) is 56.2 Å². The second-order valence-electron chi connectivity index (χ2n) is 4.27. The van der Waals surface area contributed by atoms with Gasteiger partial charge < -0.3 is 11.0 Å². The van der Waals surface area contributed by atoms with Crippen molar-refractivity contribution >= 4 is 22.7 Å². The summed E-state index contributed by atoms with van der Waals surface area (Å²) in [5.41, 5.74) is 0. The fourth-order valence-electron chi connectivity index (χ4n) is 1.51. The summed E-state index contributed by atoms with van der Waals surface area (Å²) in [5.74, 6) is 0.170. The van der Waals surface area contributed by atoms with Gasteiger partial charge in [-0.1, -0.05) is 33.1 Å². The first-order valence-corrected chi connectivity index (χ1v) is 7.76. The molecule has 0 amide bonds. The summed E-state index contributed by atoms with van der Waals surface area (Å²) in [6.45, 7) is 4.12. The summed E-state index contributed by atoms with van der Waals surface area (Å²) in [5, 5.41) is -1.38. The topological polar surface area (TPSA) is 77.5 Å². The molecule has 19 heavy (non-hydrogen) atoms. The molecule has 108 valence electrons. The molecule has 5 nitrogen and oxygen atoms in total. The van der Waals surface area contributed by atoms with Crippen LogP contribution in [0.25, 0.3) is 0 Å². The van der Waals surface area contributed by atoms with Crippen LogP contribution in [0.5, 0.6) is 0 Å². The first-order valence-electron chi connectivity index (χ1n) is 6.28. The van der Waals surface area contributed by atoms with Crippen LogP contribution in [0, 0.1) is 5.92 Å². The molecule has 0 aliphatic heterocycles. The largest absolute Gasteiger partial charge is 1.00 e. The molecule has 0 spiro atoms. The Morgan fingerprint density at radius 1 is 1.26 bits per heavy atom. The molecule has 0 aromatic carbocycles. The van der Waals surface area contributed by atoms with Crippen molar-refractivity contribution in [3.63, 3.8) is 0 Å². The summed E-state index contributed by atoms with van der Waals surface area (Å²) >= 11 is 0. The third-order valence-electron chi connectivity index (χ3n) is 2.86. The first-order chi connectivity index (χ1) is 8.51. The number of hydrogen-bond acceptors (Lipinski definition) is 5. The molecule has 0 bridgehead atoms. The fraction of sp³-hybridized carbons (Fsp3) is 0.833. The van der Waals surface area contributed by atoms with Gasteiger partial charge in [0.2, 0.25) is 0 Å². The Balaban J connectivity index is -0.00000144. The third-order valence-corrected chi connectivity index (χ3v) is 4.37. The van der Waals surface area contributed by atoms with Crippen LogP contribution < -0.4 is 29.6 Å². The Morgan fingerprint density at radius 2 is 1.89 bits per heavy atom. The van der Waals surface area contributed by atoms with Crippen LogP contribution in [0.1, 0.15) is 47.4 Å². The maximum Gasteiger partial charge on any atom is 1.00 e. The zero-order chi connectivity index (χ0) is 14.0. The second-order valence-corrected chi connectivity index (χ2v) is 6.10. The molecule has 0 rings (SSSR count). The number of rotatable bonds is 11. The first kappa shape index (κ1) is 21.5. The fourth-order valence-corrected chi connectivity index (χ4v) is 2.52. The quantitative estimate of drug-likeness (QED) is 0.273.